The highest BCUT2D eigenvalue weighted by atomic mass is 16.2. The molecule has 5 nitrogen and oxygen atoms in total. The number of aryl methyl sites for hydroxylation is 1. The largest absolute Gasteiger partial charge is 0.335 e. The van der Waals surface area contributed by atoms with E-state index in [9.17, 15) is 9.59 Å². The zero-order valence-corrected chi connectivity index (χ0v) is 14.2. The van der Waals surface area contributed by atoms with Crippen LogP contribution in [0.15, 0.2) is 54.6 Å². The Kier molecular flexibility index (Phi) is 5.36. The second kappa shape index (κ2) is 7.27. The zero-order valence-electron chi connectivity index (χ0n) is 14.2. The second-order valence-electron chi connectivity index (χ2n) is 6.14. The van der Waals surface area contributed by atoms with Gasteiger partial charge in [0, 0.05) is 12.7 Å². The van der Waals surface area contributed by atoms with Gasteiger partial charge in [-0.3, -0.25) is 9.59 Å². The lowest BCUT2D eigenvalue weighted by molar-refractivity contribution is -0.138. The molecule has 0 fully saturated rings. The van der Waals surface area contributed by atoms with E-state index in [1.807, 2.05) is 49.4 Å². The highest BCUT2D eigenvalue weighted by Crippen LogP contribution is 2.19. The summed E-state index contributed by atoms with van der Waals surface area (Å²) in [6, 6.07) is 16.6. The first-order chi connectivity index (χ1) is 11.3. The summed E-state index contributed by atoms with van der Waals surface area (Å²) < 4.78 is 0. The molecule has 0 spiro atoms. The van der Waals surface area contributed by atoms with E-state index in [1.165, 1.54) is 4.90 Å². The minimum Gasteiger partial charge on any atom is -0.335 e. The van der Waals surface area contributed by atoms with Crippen LogP contribution in [0.1, 0.15) is 18.1 Å². The molecule has 2 rings (SSSR count). The molecule has 5 heteroatoms. The first kappa shape index (κ1) is 17.7. The summed E-state index contributed by atoms with van der Waals surface area (Å²) in [6.45, 7) is 3.56. The third kappa shape index (κ3) is 4.20. The maximum absolute atomic E-state index is 12.6. The first-order valence-electron chi connectivity index (χ1n) is 7.77. The van der Waals surface area contributed by atoms with Gasteiger partial charge in [0.25, 0.3) is 0 Å². The Balaban J connectivity index is 2.00. The van der Waals surface area contributed by atoms with Crippen molar-refractivity contribution >= 4 is 17.5 Å². The predicted octanol–water partition coefficient (Wildman–Crippen LogP) is 2.27. The summed E-state index contributed by atoms with van der Waals surface area (Å²) in [5.41, 5.74) is 7.55. The van der Waals surface area contributed by atoms with Crippen LogP contribution in [0.2, 0.25) is 0 Å². The Morgan fingerprint density at radius 1 is 1.08 bits per heavy atom. The van der Waals surface area contributed by atoms with E-state index in [0.717, 1.165) is 5.56 Å². The first-order valence-corrected chi connectivity index (χ1v) is 7.77. The number of amides is 2. The molecule has 126 valence electrons. The van der Waals surface area contributed by atoms with Gasteiger partial charge in [-0.05, 0) is 31.5 Å². The van der Waals surface area contributed by atoms with Crippen molar-refractivity contribution in [1.29, 1.82) is 0 Å². The van der Waals surface area contributed by atoms with Gasteiger partial charge in [0.05, 0.1) is 6.54 Å². The van der Waals surface area contributed by atoms with Gasteiger partial charge in [0.15, 0.2) is 0 Å². The van der Waals surface area contributed by atoms with Crippen molar-refractivity contribution < 1.29 is 9.59 Å². The number of nitrogens with two attached hydrogens (primary N) is 1. The molecule has 3 N–H and O–H groups in total. The van der Waals surface area contributed by atoms with E-state index in [4.69, 9.17) is 5.73 Å². The molecule has 0 radical (unpaired) electrons. The van der Waals surface area contributed by atoms with E-state index in [0.29, 0.717) is 11.3 Å². The molecule has 0 aliphatic heterocycles. The van der Waals surface area contributed by atoms with Crippen molar-refractivity contribution in [3.8, 4) is 0 Å². The van der Waals surface area contributed by atoms with Crippen LogP contribution in [0.5, 0.6) is 0 Å². The Morgan fingerprint density at radius 3 is 2.25 bits per heavy atom. The molecule has 0 saturated carbocycles. The quantitative estimate of drug-likeness (QED) is 0.885. The molecule has 0 heterocycles. The van der Waals surface area contributed by atoms with Crippen LogP contribution in [0.25, 0.3) is 0 Å². The summed E-state index contributed by atoms with van der Waals surface area (Å²) in [6.07, 6.45) is 0. The molecule has 1 atom stereocenters. The van der Waals surface area contributed by atoms with Crippen molar-refractivity contribution in [2.45, 2.75) is 19.4 Å². The molecule has 24 heavy (non-hydrogen) atoms. The average molecular weight is 325 g/mol. The molecule has 2 amide bonds. The molecule has 1 unspecified atom stereocenters. The lowest BCUT2D eigenvalue weighted by Gasteiger charge is -2.29. The fourth-order valence-corrected chi connectivity index (χ4v) is 2.43. The molecule has 2 aromatic rings. The summed E-state index contributed by atoms with van der Waals surface area (Å²) in [7, 11) is 1.57. The molecule has 0 saturated heterocycles. The van der Waals surface area contributed by atoms with Gasteiger partial charge in [-0.1, -0.05) is 48.0 Å². The van der Waals surface area contributed by atoms with Gasteiger partial charge in [-0.15, -0.1) is 0 Å². The number of rotatable bonds is 5. The van der Waals surface area contributed by atoms with Crippen molar-refractivity contribution in [2.75, 3.05) is 18.9 Å². The number of nitrogens with one attached hydrogen (secondary N) is 1. The van der Waals surface area contributed by atoms with Crippen molar-refractivity contribution in [2.24, 2.45) is 5.73 Å². The fourth-order valence-electron chi connectivity index (χ4n) is 2.43. The van der Waals surface area contributed by atoms with Gasteiger partial charge in [0.1, 0.15) is 5.54 Å². The number of carbonyl (C=O) groups excluding carboxylic acids is 2. The van der Waals surface area contributed by atoms with Gasteiger partial charge >= 0.3 is 0 Å². The SMILES string of the molecule is Cc1ccc(NC(=O)CN(C)C(=O)C(C)(N)c2ccccc2)cc1. The average Bonchev–Trinajstić information content (AvgIpc) is 2.57. The lowest BCUT2D eigenvalue weighted by atomic mass is 9.92. The van der Waals surface area contributed by atoms with Crippen LogP contribution in [0.4, 0.5) is 5.69 Å². The monoisotopic (exact) mass is 325 g/mol. The highest BCUT2D eigenvalue weighted by Gasteiger charge is 2.33. The number of nitrogens with zero attached hydrogens (tertiary/aromatic N) is 1. The molecule has 0 bridgehead atoms. The highest BCUT2D eigenvalue weighted by molar-refractivity contribution is 5.96. The van der Waals surface area contributed by atoms with Crippen molar-refractivity contribution in [3.63, 3.8) is 0 Å². The van der Waals surface area contributed by atoms with Crippen molar-refractivity contribution in [1.82, 2.24) is 4.90 Å². The lowest BCUT2D eigenvalue weighted by Crippen LogP contribution is -2.51. The number of carbonyl (C=O) groups is 2. The van der Waals surface area contributed by atoms with Crippen LogP contribution in [-0.2, 0) is 15.1 Å². The fraction of sp³-hybridized carbons (Fsp3) is 0.263. The van der Waals surface area contributed by atoms with Gasteiger partial charge in [-0.2, -0.15) is 0 Å². The van der Waals surface area contributed by atoms with Crippen molar-refractivity contribution in [3.05, 3.63) is 65.7 Å². The van der Waals surface area contributed by atoms with Gasteiger partial charge < -0.3 is 16.0 Å². The predicted molar refractivity (Wildman–Crippen MR) is 95.4 cm³/mol. The Hall–Kier alpha value is -2.66. The van der Waals surface area contributed by atoms with Gasteiger partial charge in [-0.25, -0.2) is 0 Å². The van der Waals surface area contributed by atoms with Crippen LogP contribution in [0, 0.1) is 6.92 Å². The molecule has 2 aromatic carbocycles. The van der Waals surface area contributed by atoms with Crippen LogP contribution in [0.3, 0.4) is 0 Å². The van der Waals surface area contributed by atoms with E-state index in [1.54, 1.807) is 26.1 Å². The minimum atomic E-state index is -1.18. The number of benzene rings is 2. The zero-order chi connectivity index (χ0) is 17.7. The molecule has 0 aliphatic rings. The van der Waals surface area contributed by atoms with E-state index in [-0.39, 0.29) is 18.4 Å². The third-order valence-electron chi connectivity index (χ3n) is 3.88. The van der Waals surface area contributed by atoms with Crippen LogP contribution < -0.4 is 11.1 Å². The summed E-state index contributed by atoms with van der Waals surface area (Å²) in [5, 5.41) is 2.77. The number of hydrogen-bond acceptors (Lipinski definition) is 3. The minimum absolute atomic E-state index is 0.0632. The van der Waals surface area contributed by atoms with Crippen LogP contribution in [-0.4, -0.2) is 30.3 Å². The third-order valence-corrected chi connectivity index (χ3v) is 3.88. The Morgan fingerprint density at radius 2 is 1.67 bits per heavy atom. The normalized spacial score (nSPS) is 13.0. The smallest absolute Gasteiger partial charge is 0.247 e. The van der Waals surface area contributed by atoms with E-state index < -0.39 is 5.54 Å². The number of hydrogen-bond donors (Lipinski definition) is 2. The summed E-state index contributed by atoms with van der Waals surface area (Å²) in [5.74, 6) is -0.577. The molecular formula is C19H23N3O2. The Labute approximate surface area is 142 Å². The van der Waals surface area contributed by atoms with E-state index in [2.05, 4.69) is 5.32 Å². The standard InChI is InChI=1S/C19H23N3O2/c1-14-9-11-16(12-10-14)21-17(23)13-22(3)18(24)19(2,20)15-7-5-4-6-8-15/h4-12H,13,20H2,1-3H3,(H,21,23). The summed E-state index contributed by atoms with van der Waals surface area (Å²) >= 11 is 0. The number of likely N-dealkylation sites (N-methyl/N-ethyl adjacent to an activating group) is 1. The Bertz CT molecular complexity index is 709. The summed E-state index contributed by atoms with van der Waals surface area (Å²) in [4.78, 5) is 26.1. The van der Waals surface area contributed by atoms with E-state index >= 15 is 0 Å². The second-order valence-corrected chi connectivity index (χ2v) is 6.14. The topological polar surface area (TPSA) is 75.4 Å². The maximum atomic E-state index is 12.6. The van der Waals surface area contributed by atoms with Crippen LogP contribution >= 0.6 is 0 Å². The molecular weight excluding hydrogens is 302 g/mol. The number of anilines is 1. The van der Waals surface area contributed by atoms with Gasteiger partial charge in [0.2, 0.25) is 11.8 Å². The molecule has 0 aliphatic carbocycles. The maximum Gasteiger partial charge on any atom is 0.247 e. The molecule has 0 aromatic heterocycles.